The van der Waals surface area contributed by atoms with E-state index in [2.05, 4.69) is 12.2 Å². The van der Waals surface area contributed by atoms with E-state index in [0.717, 1.165) is 5.56 Å². The monoisotopic (exact) mass is 276 g/mol. The van der Waals surface area contributed by atoms with Gasteiger partial charge in [0.15, 0.2) is 0 Å². The SMILES string of the molecule is CC1OC(C)C(C(=O)NC(CN)c2ccccc2)C1C. The molecule has 3 N–H and O–H groups in total. The van der Waals surface area contributed by atoms with Gasteiger partial charge in [-0.3, -0.25) is 4.79 Å². The first-order chi connectivity index (χ1) is 9.54. The van der Waals surface area contributed by atoms with Gasteiger partial charge in [0.05, 0.1) is 24.2 Å². The van der Waals surface area contributed by atoms with Crippen LogP contribution in [-0.2, 0) is 9.53 Å². The summed E-state index contributed by atoms with van der Waals surface area (Å²) in [6.45, 7) is 6.44. The summed E-state index contributed by atoms with van der Waals surface area (Å²) in [5.41, 5.74) is 6.84. The minimum Gasteiger partial charge on any atom is -0.374 e. The van der Waals surface area contributed by atoms with Gasteiger partial charge in [-0.15, -0.1) is 0 Å². The zero-order valence-electron chi connectivity index (χ0n) is 12.4. The van der Waals surface area contributed by atoms with Crippen molar-refractivity contribution >= 4 is 5.91 Å². The molecule has 110 valence electrons. The number of amides is 1. The van der Waals surface area contributed by atoms with E-state index in [4.69, 9.17) is 10.5 Å². The van der Waals surface area contributed by atoms with Crippen molar-refractivity contribution in [1.82, 2.24) is 5.32 Å². The fourth-order valence-corrected chi connectivity index (χ4v) is 2.95. The molecule has 1 aromatic carbocycles. The van der Waals surface area contributed by atoms with Crippen LogP contribution in [0.2, 0.25) is 0 Å². The Bertz CT molecular complexity index is 449. The zero-order valence-corrected chi connectivity index (χ0v) is 12.4. The molecule has 5 atom stereocenters. The lowest BCUT2D eigenvalue weighted by molar-refractivity contribution is -0.127. The number of carbonyl (C=O) groups excluding carboxylic acids is 1. The lowest BCUT2D eigenvalue weighted by Crippen LogP contribution is -2.41. The van der Waals surface area contributed by atoms with Gasteiger partial charge in [0.25, 0.3) is 0 Å². The number of benzene rings is 1. The lowest BCUT2D eigenvalue weighted by Gasteiger charge is -2.23. The van der Waals surface area contributed by atoms with E-state index in [-0.39, 0.29) is 36.0 Å². The molecule has 20 heavy (non-hydrogen) atoms. The predicted octanol–water partition coefficient (Wildman–Crippen LogP) is 1.86. The molecule has 0 bridgehead atoms. The van der Waals surface area contributed by atoms with E-state index < -0.39 is 0 Å². The maximum absolute atomic E-state index is 12.5. The molecule has 1 amide bonds. The third-order valence-electron chi connectivity index (χ3n) is 4.30. The highest BCUT2D eigenvalue weighted by molar-refractivity contribution is 5.80. The molecule has 1 aromatic rings. The molecule has 4 heteroatoms. The Hall–Kier alpha value is -1.39. The second kappa shape index (κ2) is 6.37. The number of nitrogens with one attached hydrogen (secondary N) is 1. The first-order valence-corrected chi connectivity index (χ1v) is 7.25. The smallest absolute Gasteiger partial charge is 0.226 e. The third kappa shape index (κ3) is 3.02. The number of rotatable bonds is 4. The molecule has 2 rings (SSSR count). The van der Waals surface area contributed by atoms with Gasteiger partial charge in [0.1, 0.15) is 0 Å². The summed E-state index contributed by atoms with van der Waals surface area (Å²) in [5, 5.41) is 3.06. The van der Waals surface area contributed by atoms with Crippen LogP contribution in [0.1, 0.15) is 32.4 Å². The molecule has 1 aliphatic heterocycles. The first-order valence-electron chi connectivity index (χ1n) is 7.25. The molecule has 0 aliphatic carbocycles. The van der Waals surface area contributed by atoms with Crippen LogP contribution in [0.5, 0.6) is 0 Å². The summed E-state index contributed by atoms with van der Waals surface area (Å²) < 4.78 is 5.74. The standard InChI is InChI=1S/C16H24N2O2/c1-10-11(2)20-12(3)15(10)16(19)18-14(9-17)13-7-5-4-6-8-13/h4-8,10-12,14-15H,9,17H2,1-3H3,(H,18,19). The van der Waals surface area contributed by atoms with Crippen molar-refractivity contribution in [3.8, 4) is 0 Å². The minimum atomic E-state index is -0.140. The average molecular weight is 276 g/mol. The van der Waals surface area contributed by atoms with Gasteiger partial charge in [0.2, 0.25) is 5.91 Å². The first kappa shape index (κ1) is 15.0. The van der Waals surface area contributed by atoms with Crippen LogP contribution in [0.25, 0.3) is 0 Å². The van der Waals surface area contributed by atoms with Crippen LogP contribution in [0, 0.1) is 11.8 Å². The third-order valence-corrected chi connectivity index (χ3v) is 4.30. The normalized spacial score (nSPS) is 31.0. The van der Waals surface area contributed by atoms with Crippen molar-refractivity contribution in [2.24, 2.45) is 17.6 Å². The van der Waals surface area contributed by atoms with E-state index in [1.807, 2.05) is 44.2 Å². The van der Waals surface area contributed by atoms with Crippen LogP contribution in [0.4, 0.5) is 0 Å². The molecule has 0 spiro atoms. The van der Waals surface area contributed by atoms with Crippen LogP contribution in [-0.4, -0.2) is 24.7 Å². The van der Waals surface area contributed by atoms with Crippen LogP contribution >= 0.6 is 0 Å². The van der Waals surface area contributed by atoms with Gasteiger partial charge in [-0.2, -0.15) is 0 Å². The van der Waals surface area contributed by atoms with Gasteiger partial charge in [-0.05, 0) is 25.3 Å². The fraction of sp³-hybridized carbons (Fsp3) is 0.562. The maximum Gasteiger partial charge on any atom is 0.226 e. The summed E-state index contributed by atoms with van der Waals surface area (Å²) in [6, 6.07) is 9.69. The lowest BCUT2D eigenvalue weighted by atomic mass is 9.88. The Morgan fingerprint density at radius 3 is 2.40 bits per heavy atom. The molecule has 1 aliphatic rings. The van der Waals surface area contributed by atoms with Crippen molar-refractivity contribution in [3.63, 3.8) is 0 Å². The highest BCUT2D eigenvalue weighted by atomic mass is 16.5. The van der Waals surface area contributed by atoms with Crippen LogP contribution in [0.15, 0.2) is 30.3 Å². The molecule has 0 aromatic heterocycles. The molecule has 0 radical (unpaired) electrons. The van der Waals surface area contributed by atoms with E-state index in [9.17, 15) is 4.79 Å². The molecule has 1 fully saturated rings. The molecule has 1 heterocycles. The van der Waals surface area contributed by atoms with Crippen molar-refractivity contribution in [2.45, 2.75) is 39.0 Å². The highest BCUT2D eigenvalue weighted by Crippen LogP contribution is 2.32. The summed E-state index contributed by atoms with van der Waals surface area (Å²) in [7, 11) is 0. The van der Waals surface area contributed by atoms with Gasteiger partial charge >= 0.3 is 0 Å². The van der Waals surface area contributed by atoms with Crippen molar-refractivity contribution in [2.75, 3.05) is 6.54 Å². The largest absolute Gasteiger partial charge is 0.374 e. The molecular formula is C16H24N2O2. The van der Waals surface area contributed by atoms with Crippen LogP contribution in [0.3, 0.4) is 0 Å². The predicted molar refractivity (Wildman–Crippen MR) is 79.0 cm³/mol. The average Bonchev–Trinajstić information content (AvgIpc) is 2.70. The summed E-state index contributed by atoms with van der Waals surface area (Å²) in [5.74, 6) is 0.149. The summed E-state index contributed by atoms with van der Waals surface area (Å²) in [4.78, 5) is 12.5. The highest BCUT2D eigenvalue weighted by Gasteiger charge is 2.41. The maximum atomic E-state index is 12.5. The van der Waals surface area contributed by atoms with E-state index >= 15 is 0 Å². The zero-order chi connectivity index (χ0) is 14.7. The number of nitrogens with two attached hydrogens (primary N) is 1. The number of hydrogen-bond donors (Lipinski definition) is 2. The van der Waals surface area contributed by atoms with Gasteiger partial charge in [-0.1, -0.05) is 37.3 Å². The molecule has 5 unspecified atom stereocenters. The Kier molecular flexibility index (Phi) is 4.78. The second-order valence-electron chi connectivity index (χ2n) is 5.64. The van der Waals surface area contributed by atoms with Gasteiger partial charge in [0, 0.05) is 6.54 Å². The number of ether oxygens (including phenoxy) is 1. The van der Waals surface area contributed by atoms with Gasteiger partial charge < -0.3 is 15.8 Å². The molecule has 4 nitrogen and oxygen atoms in total. The minimum absolute atomic E-state index is 0.0358. The second-order valence-corrected chi connectivity index (χ2v) is 5.64. The summed E-state index contributed by atoms with van der Waals surface area (Å²) >= 11 is 0. The fourth-order valence-electron chi connectivity index (χ4n) is 2.95. The topological polar surface area (TPSA) is 64.3 Å². The Labute approximate surface area is 120 Å². The Morgan fingerprint density at radius 1 is 1.25 bits per heavy atom. The van der Waals surface area contributed by atoms with Crippen LogP contribution < -0.4 is 11.1 Å². The Morgan fingerprint density at radius 2 is 1.90 bits per heavy atom. The van der Waals surface area contributed by atoms with E-state index in [1.165, 1.54) is 0 Å². The van der Waals surface area contributed by atoms with Crippen molar-refractivity contribution < 1.29 is 9.53 Å². The van der Waals surface area contributed by atoms with E-state index in [0.29, 0.717) is 6.54 Å². The van der Waals surface area contributed by atoms with Crippen molar-refractivity contribution in [1.29, 1.82) is 0 Å². The Balaban J connectivity index is 2.07. The molecular weight excluding hydrogens is 252 g/mol. The summed E-state index contributed by atoms with van der Waals surface area (Å²) in [6.07, 6.45) is 0.0722. The number of carbonyl (C=O) groups is 1. The molecule has 0 saturated carbocycles. The van der Waals surface area contributed by atoms with E-state index in [1.54, 1.807) is 0 Å². The molecule has 1 saturated heterocycles. The van der Waals surface area contributed by atoms with Gasteiger partial charge in [-0.25, -0.2) is 0 Å². The quantitative estimate of drug-likeness (QED) is 0.882. The number of hydrogen-bond acceptors (Lipinski definition) is 3. The van der Waals surface area contributed by atoms with Crippen molar-refractivity contribution in [3.05, 3.63) is 35.9 Å².